The first-order chi connectivity index (χ1) is 17.5. The van der Waals surface area contributed by atoms with E-state index >= 15 is 0 Å². The highest BCUT2D eigenvalue weighted by Gasteiger charge is 2.67. The maximum atomic E-state index is 13.3. The average molecular weight is 534 g/mol. The van der Waals surface area contributed by atoms with E-state index < -0.39 is 17.4 Å². The second-order valence-corrected chi connectivity index (χ2v) is 9.92. The summed E-state index contributed by atoms with van der Waals surface area (Å²) in [5.74, 6) is 0.945. The standard InChI is InChI=1S/C27H27ClF3N3O3/c1-16(2)15-37-19-8-6-18(7-9-19)23-32-24(34-25(33-23)36-3)20-14-17(4-10-21(20)28)5-11-22(35)26(12-13-26)27(29,30)31/h4,6-10,14,16H,5,11-13,15H2,1-3H3. The highest BCUT2D eigenvalue weighted by atomic mass is 35.5. The normalized spacial score (nSPS) is 14.5. The van der Waals surface area contributed by atoms with Gasteiger partial charge in [-0.25, -0.2) is 4.98 Å². The molecule has 1 saturated carbocycles. The van der Waals surface area contributed by atoms with E-state index in [0.29, 0.717) is 40.1 Å². The van der Waals surface area contributed by atoms with E-state index in [1.165, 1.54) is 7.11 Å². The predicted octanol–water partition coefficient (Wildman–Crippen LogP) is 6.75. The summed E-state index contributed by atoms with van der Waals surface area (Å²) in [6.07, 6.45) is -4.85. The van der Waals surface area contributed by atoms with Gasteiger partial charge in [0.1, 0.15) is 16.9 Å². The van der Waals surface area contributed by atoms with Crippen LogP contribution in [0.3, 0.4) is 0 Å². The summed E-state index contributed by atoms with van der Waals surface area (Å²) in [5, 5.41) is 0.348. The molecule has 1 aromatic heterocycles. The Hall–Kier alpha value is -3.20. The lowest BCUT2D eigenvalue weighted by Gasteiger charge is -2.17. The van der Waals surface area contributed by atoms with Crippen LogP contribution >= 0.6 is 11.6 Å². The SMILES string of the molecule is COc1nc(-c2ccc(OCC(C)C)cc2)nc(-c2cc(CCC(=O)C3(C(F)(F)F)CC3)ccc2Cl)n1. The van der Waals surface area contributed by atoms with E-state index in [9.17, 15) is 18.0 Å². The molecule has 1 fully saturated rings. The maximum Gasteiger partial charge on any atom is 0.401 e. The number of carbonyl (C=O) groups excluding carboxylic acids is 1. The number of ketones is 1. The summed E-state index contributed by atoms with van der Waals surface area (Å²) >= 11 is 6.44. The Morgan fingerprint density at radius 3 is 2.32 bits per heavy atom. The van der Waals surface area contributed by atoms with Gasteiger partial charge < -0.3 is 9.47 Å². The van der Waals surface area contributed by atoms with Crippen molar-refractivity contribution in [2.75, 3.05) is 13.7 Å². The van der Waals surface area contributed by atoms with Crippen molar-refractivity contribution >= 4 is 17.4 Å². The van der Waals surface area contributed by atoms with Gasteiger partial charge in [0.05, 0.1) is 18.7 Å². The van der Waals surface area contributed by atoms with Crippen LogP contribution in [0.4, 0.5) is 13.2 Å². The lowest BCUT2D eigenvalue weighted by atomic mass is 9.94. The zero-order chi connectivity index (χ0) is 26.8. The first kappa shape index (κ1) is 26.9. The minimum atomic E-state index is -4.51. The van der Waals surface area contributed by atoms with E-state index in [1.54, 1.807) is 18.2 Å². The van der Waals surface area contributed by atoms with Crippen molar-refractivity contribution in [3.05, 3.63) is 53.1 Å². The summed E-state index contributed by atoms with van der Waals surface area (Å²) in [6.45, 7) is 4.73. The molecule has 1 heterocycles. The third kappa shape index (κ3) is 6.04. The number of rotatable bonds is 10. The van der Waals surface area contributed by atoms with Crippen LogP contribution in [-0.4, -0.2) is 40.6 Å². The number of hydrogen-bond acceptors (Lipinski definition) is 6. The predicted molar refractivity (Wildman–Crippen MR) is 134 cm³/mol. The molecule has 2 aromatic carbocycles. The molecule has 3 aromatic rings. The molecule has 37 heavy (non-hydrogen) atoms. The number of hydrogen-bond donors (Lipinski definition) is 0. The lowest BCUT2D eigenvalue weighted by Crippen LogP contribution is -2.32. The minimum absolute atomic E-state index is 0.0811. The quantitative estimate of drug-likeness (QED) is 0.287. The number of aromatic nitrogens is 3. The van der Waals surface area contributed by atoms with Crippen molar-refractivity contribution in [2.45, 2.75) is 45.7 Å². The van der Waals surface area contributed by atoms with Crippen LogP contribution in [-0.2, 0) is 11.2 Å². The summed E-state index contributed by atoms with van der Waals surface area (Å²) in [6, 6.07) is 12.4. The number of ether oxygens (including phenoxy) is 2. The molecule has 0 radical (unpaired) electrons. The third-order valence-corrected chi connectivity index (χ3v) is 6.56. The van der Waals surface area contributed by atoms with Crippen molar-refractivity contribution in [1.29, 1.82) is 0 Å². The van der Waals surface area contributed by atoms with Gasteiger partial charge in [-0.15, -0.1) is 0 Å². The number of nitrogens with zero attached hydrogens (tertiary/aromatic N) is 3. The maximum absolute atomic E-state index is 13.3. The number of aryl methyl sites for hydroxylation is 1. The average Bonchev–Trinajstić information content (AvgIpc) is 3.69. The van der Waals surface area contributed by atoms with Gasteiger partial charge in [-0.05, 0) is 67.1 Å². The summed E-state index contributed by atoms with van der Waals surface area (Å²) in [7, 11) is 1.43. The van der Waals surface area contributed by atoms with Gasteiger partial charge in [0, 0.05) is 17.5 Å². The zero-order valence-electron chi connectivity index (χ0n) is 20.7. The molecule has 0 aliphatic heterocycles. The van der Waals surface area contributed by atoms with Crippen LogP contribution in [0.15, 0.2) is 42.5 Å². The van der Waals surface area contributed by atoms with Crippen LogP contribution in [0, 0.1) is 11.3 Å². The minimum Gasteiger partial charge on any atom is -0.493 e. The summed E-state index contributed by atoms with van der Waals surface area (Å²) in [5.41, 5.74) is -0.354. The van der Waals surface area contributed by atoms with Gasteiger partial charge >= 0.3 is 12.2 Å². The van der Waals surface area contributed by atoms with Crippen LogP contribution in [0.25, 0.3) is 22.8 Å². The van der Waals surface area contributed by atoms with Crippen molar-refractivity contribution < 1.29 is 27.4 Å². The number of Topliss-reactive ketones (excluding diaryl/α,β-unsaturated/α-hetero) is 1. The molecule has 1 aliphatic carbocycles. The van der Waals surface area contributed by atoms with Gasteiger partial charge in [0.15, 0.2) is 11.6 Å². The number of methoxy groups -OCH3 is 1. The Bertz CT molecular complexity index is 1280. The molecule has 196 valence electrons. The zero-order valence-corrected chi connectivity index (χ0v) is 21.5. The van der Waals surface area contributed by atoms with Crippen molar-refractivity contribution in [2.24, 2.45) is 11.3 Å². The molecular weight excluding hydrogens is 507 g/mol. The summed E-state index contributed by atoms with van der Waals surface area (Å²) < 4.78 is 50.8. The fourth-order valence-electron chi connectivity index (χ4n) is 3.90. The summed E-state index contributed by atoms with van der Waals surface area (Å²) in [4.78, 5) is 25.6. The fourth-order valence-corrected chi connectivity index (χ4v) is 4.10. The Labute approximate surface area is 218 Å². The molecule has 0 atom stereocenters. The van der Waals surface area contributed by atoms with Gasteiger partial charge in [0.25, 0.3) is 0 Å². The third-order valence-electron chi connectivity index (χ3n) is 6.23. The molecule has 6 nitrogen and oxygen atoms in total. The molecule has 0 saturated heterocycles. The number of alkyl halides is 3. The van der Waals surface area contributed by atoms with Crippen LogP contribution in [0.5, 0.6) is 11.8 Å². The first-order valence-electron chi connectivity index (χ1n) is 11.9. The molecule has 0 bridgehead atoms. The largest absolute Gasteiger partial charge is 0.493 e. The van der Waals surface area contributed by atoms with E-state index in [2.05, 4.69) is 28.8 Å². The van der Waals surface area contributed by atoms with E-state index in [-0.39, 0.29) is 37.5 Å². The molecule has 0 unspecified atom stereocenters. The lowest BCUT2D eigenvalue weighted by molar-refractivity contribution is -0.190. The highest BCUT2D eigenvalue weighted by Crippen LogP contribution is 2.58. The number of carbonyl (C=O) groups is 1. The van der Waals surface area contributed by atoms with Crippen molar-refractivity contribution in [3.63, 3.8) is 0 Å². The Balaban J connectivity index is 1.57. The van der Waals surface area contributed by atoms with E-state index in [0.717, 1.165) is 5.75 Å². The highest BCUT2D eigenvalue weighted by molar-refractivity contribution is 6.33. The topological polar surface area (TPSA) is 74.2 Å². The molecule has 0 N–H and O–H groups in total. The molecular formula is C27H27ClF3N3O3. The molecule has 1 aliphatic rings. The van der Waals surface area contributed by atoms with Crippen LogP contribution in [0.2, 0.25) is 5.02 Å². The molecule has 0 amide bonds. The Morgan fingerprint density at radius 2 is 1.73 bits per heavy atom. The first-order valence-corrected chi connectivity index (χ1v) is 12.3. The monoisotopic (exact) mass is 533 g/mol. The van der Waals surface area contributed by atoms with E-state index in [4.69, 9.17) is 21.1 Å². The van der Waals surface area contributed by atoms with Crippen molar-refractivity contribution in [1.82, 2.24) is 15.0 Å². The number of halogens is 4. The molecule has 4 rings (SSSR count). The van der Waals surface area contributed by atoms with Crippen LogP contribution < -0.4 is 9.47 Å². The smallest absolute Gasteiger partial charge is 0.401 e. The van der Waals surface area contributed by atoms with Gasteiger partial charge in [0.2, 0.25) is 0 Å². The molecule has 10 heteroatoms. The fraction of sp³-hybridized carbons (Fsp3) is 0.407. The second kappa shape index (κ2) is 10.7. The van der Waals surface area contributed by atoms with Gasteiger partial charge in [-0.1, -0.05) is 31.5 Å². The van der Waals surface area contributed by atoms with Gasteiger partial charge in [-0.3, -0.25) is 4.79 Å². The van der Waals surface area contributed by atoms with E-state index in [1.807, 2.05) is 24.3 Å². The Morgan fingerprint density at radius 1 is 1.05 bits per heavy atom. The second-order valence-electron chi connectivity index (χ2n) is 9.52. The Kier molecular flexibility index (Phi) is 7.73. The van der Waals surface area contributed by atoms with Gasteiger partial charge in [-0.2, -0.15) is 23.1 Å². The van der Waals surface area contributed by atoms with Crippen LogP contribution in [0.1, 0.15) is 38.7 Å². The molecule has 0 spiro atoms. The van der Waals surface area contributed by atoms with Crippen molar-refractivity contribution in [3.8, 4) is 34.5 Å². The number of benzene rings is 2.